The highest BCUT2D eigenvalue weighted by Crippen LogP contribution is 2.46. The van der Waals surface area contributed by atoms with Gasteiger partial charge >= 0.3 is 0 Å². The van der Waals surface area contributed by atoms with Crippen molar-refractivity contribution >= 4 is 55.3 Å². The second-order valence-electron chi connectivity index (χ2n) is 12.1. The topological polar surface area (TPSA) is 16.4 Å². The molecule has 6 aromatic carbocycles. The average Bonchev–Trinajstić information content (AvgIpc) is 3.50. The number of hydrogen-bond donors (Lipinski definition) is 0. The molecule has 1 unspecified atom stereocenters. The van der Waals surface area contributed by atoms with E-state index in [0.29, 0.717) is 5.92 Å². The Balaban J connectivity index is 1.31. The first kappa shape index (κ1) is 26.5. The molecule has 0 saturated heterocycles. The summed E-state index contributed by atoms with van der Waals surface area (Å²) in [6, 6.07) is 47.7. The lowest BCUT2D eigenvalue weighted by Crippen LogP contribution is -2.13. The Morgan fingerprint density at radius 2 is 1.37 bits per heavy atom. The molecule has 0 radical (unpaired) electrons. The SMILES string of the molecule is C1=CC2=CC(c3c(N(c4cccc(-c5ccccc5)c4)c4ccc5c(c4)oc4ccccc45)ccc4ccccc34)=CCC2C=C1. The average molecular weight is 590 g/mol. The molecule has 2 heteroatoms. The minimum absolute atomic E-state index is 0.432. The highest BCUT2D eigenvalue weighted by molar-refractivity contribution is 6.08. The van der Waals surface area contributed by atoms with Crippen LogP contribution in [0.2, 0.25) is 0 Å². The number of benzene rings is 6. The maximum absolute atomic E-state index is 6.42. The molecule has 2 aliphatic rings. The molecule has 46 heavy (non-hydrogen) atoms. The molecule has 0 saturated carbocycles. The molecule has 218 valence electrons. The fourth-order valence-corrected chi connectivity index (χ4v) is 7.12. The summed E-state index contributed by atoms with van der Waals surface area (Å²) in [5.74, 6) is 0.432. The normalized spacial score (nSPS) is 15.6. The molecular weight excluding hydrogens is 558 g/mol. The van der Waals surface area contributed by atoms with Crippen molar-refractivity contribution in [2.24, 2.45) is 5.92 Å². The number of anilines is 3. The van der Waals surface area contributed by atoms with Crippen LogP contribution >= 0.6 is 0 Å². The van der Waals surface area contributed by atoms with Gasteiger partial charge in [0, 0.05) is 39.7 Å². The van der Waals surface area contributed by atoms with Gasteiger partial charge in [0.2, 0.25) is 0 Å². The molecule has 1 heterocycles. The Morgan fingerprint density at radius 3 is 2.30 bits per heavy atom. The van der Waals surface area contributed by atoms with Crippen molar-refractivity contribution in [2.45, 2.75) is 6.42 Å². The molecule has 1 aromatic heterocycles. The lowest BCUT2D eigenvalue weighted by atomic mass is 9.82. The van der Waals surface area contributed by atoms with Crippen LogP contribution in [-0.2, 0) is 0 Å². The second kappa shape index (κ2) is 10.9. The van der Waals surface area contributed by atoms with Gasteiger partial charge in [0.25, 0.3) is 0 Å². The molecule has 2 aliphatic carbocycles. The van der Waals surface area contributed by atoms with Gasteiger partial charge in [0.05, 0.1) is 5.69 Å². The van der Waals surface area contributed by atoms with Crippen molar-refractivity contribution in [1.29, 1.82) is 0 Å². The molecule has 7 aromatic rings. The summed E-state index contributed by atoms with van der Waals surface area (Å²) in [7, 11) is 0. The van der Waals surface area contributed by atoms with Crippen LogP contribution in [0.5, 0.6) is 0 Å². The van der Waals surface area contributed by atoms with Crippen LogP contribution in [0.1, 0.15) is 12.0 Å². The summed E-state index contributed by atoms with van der Waals surface area (Å²) in [4.78, 5) is 2.41. The van der Waals surface area contributed by atoms with E-state index in [1.807, 2.05) is 12.1 Å². The van der Waals surface area contributed by atoms with Crippen LogP contribution in [-0.4, -0.2) is 0 Å². The highest BCUT2D eigenvalue weighted by atomic mass is 16.3. The molecule has 0 amide bonds. The lowest BCUT2D eigenvalue weighted by molar-refractivity contribution is 0.669. The van der Waals surface area contributed by atoms with Crippen LogP contribution in [0, 0.1) is 5.92 Å². The van der Waals surface area contributed by atoms with Gasteiger partial charge in [0.1, 0.15) is 11.2 Å². The van der Waals surface area contributed by atoms with Crippen molar-refractivity contribution in [2.75, 3.05) is 4.90 Å². The minimum atomic E-state index is 0.432. The largest absolute Gasteiger partial charge is 0.456 e. The van der Waals surface area contributed by atoms with Crippen LogP contribution in [0.3, 0.4) is 0 Å². The van der Waals surface area contributed by atoms with E-state index in [9.17, 15) is 0 Å². The Bertz CT molecular complexity index is 2400. The number of para-hydroxylation sites is 1. The zero-order valence-corrected chi connectivity index (χ0v) is 25.3. The first-order valence-corrected chi connectivity index (χ1v) is 16.0. The highest BCUT2D eigenvalue weighted by Gasteiger charge is 2.24. The lowest BCUT2D eigenvalue weighted by Gasteiger charge is -2.30. The third-order valence-corrected chi connectivity index (χ3v) is 9.35. The van der Waals surface area contributed by atoms with Gasteiger partial charge in [-0.25, -0.2) is 0 Å². The summed E-state index contributed by atoms with van der Waals surface area (Å²) in [5, 5.41) is 4.73. The van der Waals surface area contributed by atoms with Crippen LogP contribution in [0.4, 0.5) is 17.1 Å². The van der Waals surface area contributed by atoms with E-state index in [0.717, 1.165) is 45.4 Å². The van der Waals surface area contributed by atoms with Crippen LogP contribution in [0.15, 0.2) is 180 Å². The molecule has 0 aliphatic heterocycles. The Kier molecular flexibility index (Phi) is 6.31. The summed E-state index contributed by atoms with van der Waals surface area (Å²) in [6.07, 6.45) is 14.7. The monoisotopic (exact) mass is 589 g/mol. The fourth-order valence-electron chi connectivity index (χ4n) is 7.12. The number of furan rings is 1. The van der Waals surface area contributed by atoms with E-state index in [4.69, 9.17) is 4.42 Å². The molecule has 0 N–H and O–H groups in total. The molecule has 0 fully saturated rings. The van der Waals surface area contributed by atoms with Gasteiger partial charge in [-0.1, -0.05) is 127 Å². The maximum Gasteiger partial charge on any atom is 0.137 e. The van der Waals surface area contributed by atoms with E-state index in [-0.39, 0.29) is 0 Å². The van der Waals surface area contributed by atoms with Gasteiger partial charge in [0.15, 0.2) is 0 Å². The molecular formula is C44H31NO. The predicted molar refractivity (Wildman–Crippen MR) is 194 cm³/mol. The maximum atomic E-state index is 6.42. The summed E-state index contributed by atoms with van der Waals surface area (Å²) in [6.45, 7) is 0. The molecule has 9 rings (SSSR count). The molecule has 2 nitrogen and oxygen atoms in total. The van der Waals surface area contributed by atoms with Gasteiger partial charge in [-0.05, 0) is 75.9 Å². The van der Waals surface area contributed by atoms with E-state index in [1.165, 1.54) is 38.6 Å². The zero-order valence-electron chi connectivity index (χ0n) is 25.3. The van der Waals surface area contributed by atoms with E-state index < -0.39 is 0 Å². The van der Waals surface area contributed by atoms with Crippen molar-refractivity contribution in [3.05, 3.63) is 181 Å². The van der Waals surface area contributed by atoms with Gasteiger partial charge in [-0.2, -0.15) is 0 Å². The predicted octanol–water partition coefficient (Wildman–Crippen LogP) is 12.3. The van der Waals surface area contributed by atoms with Crippen molar-refractivity contribution in [3.8, 4) is 11.1 Å². The van der Waals surface area contributed by atoms with Crippen LogP contribution < -0.4 is 4.90 Å². The van der Waals surface area contributed by atoms with Gasteiger partial charge in [-0.3, -0.25) is 0 Å². The number of rotatable bonds is 5. The van der Waals surface area contributed by atoms with E-state index in [1.54, 1.807) is 0 Å². The number of hydrogen-bond acceptors (Lipinski definition) is 2. The van der Waals surface area contributed by atoms with Crippen molar-refractivity contribution in [3.63, 3.8) is 0 Å². The fraction of sp³-hybridized carbons (Fsp3) is 0.0455. The number of fused-ring (bicyclic) bond motifs is 5. The standard InChI is InChI=1S/C44H31NO/c1-2-11-30(12-3-1)34-16-10-17-36(28-34)45(37-24-25-40-39-19-8-9-20-42(39)46-43(40)29-37)41-26-23-32-14-6-7-18-38(32)44(41)35-22-21-31-13-4-5-15-33(31)27-35/h1-20,22-29,31H,21H2. The zero-order chi connectivity index (χ0) is 30.5. The Hall–Kier alpha value is -5.86. The number of nitrogens with zero attached hydrogens (tertiary/aromatic N) is 1. The summed E-state index contributed by atoms with van der Waals surface area (Å²) < 4.78 is 6.42. The van der Waals surface area contributed by atoms with Crippen molar-refractivity contribution < 1.29 is 4.42 Å². The van der Waals surface area contributed by atoms with Gasteiger partial charge in [-0.15, -0.1) is 0 Å². The second-order valence-corrected chi connectivity index (χ2v) is 12.1. The first-order valence-electron chi connectivity index (χ1n) is 16.0. The molecule has 0 spiro atoms. The Labute approximate surface area is 268 Å². The minimum Gasteiger partial charge on any atom is -0.456 e. The van der Waals surface area contributed by atoms with E-state index in [2.05, 4.69) is 163 Å². The first-order chi connectivity index (χ1) is 22.8. The van der Waals surface area contributed by atoms with Crippen molar-refractivity contribution in [1.82, 2.24) is 0 Å². The third kappa shape index (κ3) is 4.50. The summed E-state index contributed by atoms with van der Waals surface area (Å²) >= 11 is 0. The van der Waals surface area contributed by atoms with Crippen LogP contribution in [0.25, 0.3) is 49.4 Å². The number of allylic oxidation sites excluding steroid dienone is 8. The quantitative estimate of drug-likeness (QED) is 0.199. The van der Waals surface area contributed by atoms with E-state index >= 15 is 0 Å². The smallest absolute Gasteiger partial charge is 0.137 e. The Morgan fingerprint density at radius 1 is 0.587 bits per heavy atom. The summed E-state index contributed by atoms with van der Waals surface area (Å²) in [5.41, 5.74) is 11.3. The van der Waals surface area contributed by atoms with Gasteiger partial charge < -0.3 is 9.32 Å². The molecule has 0 bridgehead atoms. The molecule has 1 atom stereocenters. The third-order valence-electron chi connectivity index (χ3n) is 9.35.